The molecule has 4 heterocycles. The number of aromatic amines is 1. The van der Waals surface area contributed by atoms with Crippen molar-refractivity contribution < 1.29 is 9.53 Å². The molecule has 3 N–H and O–H groups in total. The summed E-state index contributed by atoms with van der Waals surface area (Å²) in [5, 5.41) is 18.7. The standard InChI is InChI=1S/C25H29N9O2/c35-23(28-18-4-5-18)6-7-34-16-19(14-27-34)29-25-30-22(21-15-26-32-24(21)31-25)13-17-2-1-3-20(12-17)33-8-10-36-11-9-33/h1-3,12,14-16,18H,4-11,13H2,(H,28,35)(H2,26,29,30,31,32). The van der Waals surface area contributed by atoms with Crippen LogP contribution in [0, 0.1) is 0 Å². The van der Waals surface area contributed by atoms with E-state index in [1.165, 1.54) is 11.3 Å². The highest BCUT2D eigenvalue weighted by Gasteiger charge is 2.23. The number of anilines is 3. The van der Waals surface area contributed by atoms with Gasteiger partial charge in [-0.05, 0) is 30.5 Å². The number of benzene rings is 1. The molecule has 1 saturated carbocycles. The van der Waals surface area contributed by atoms with Crippen LogP contribution in [0.5, 0.6) is 0 Å². The molecule has 1 amide bonds. The SMILES string of the molecule is O=C(CCn1cc(Nc2nc(Cc3cccc(N4CCOCC4)c3)c3cn[nH]c3n2)cn1)NC1CC1. The second-order valence-electron chi connectivity index (χ2n) is 9.28. The van der Waals surface area contributed by atoms with Crippen LogP contribution in [0.2, 0.25) is 0 Å². The number of carbonyl (C=O) groups is 1. The minimum Gasteiger partial charge on any atom is -0.378 e. The second kappa shape index (κ2) is 9.94. The predicted octanol–water partition coefficient (Wildman–Crippen LogP) is 2.39. The Morgan fingerprint density at radius 1 is 1.17 bits per heavy atom. The molecule has 36 heavy (non-hydrogen) atoms. The zero-order chi connectivity index (χ0) is 24.3. The summed E-state index contributed by atoms with van der Waals surface area (Å²) in [6.07, 6.45) is 8.57. The normalized spacial score (nSPS) is 15.8. The van der Waals surface area contributed by atoms with E-state index >= 15 is 0 Å². The smallest absolute Gasteiger partial charge is 0.229 e. The van der Waals surface area contributed by atoms with Crippen LogP contribution in [-0.2, 0) is 22.5 Å². The van der Waals surface area contributed by atoms with Gasteiger partial charge in [0.05, 0.1) is 42.4 Å². The van der Waals surface area contributed by atoms with Crippen molar-refractivity contribution in [3.63, 3.8) is 0 Å². The Bertz CT molecular complexity index is 1350. The van der Waals surface area contributed by atoms with Crippen molar-refractivity contribution in [1.29, 1.82) is 0 Å². The number of hydrogen-bond donors (Lipinski definition) is 3. The Morgan fingerprint density at radius 2 is 2.06 bits per heavy atom. The summed E-state index contributed by atoms with van der Waals surface area (Å²) in [5.74, 6) is 0.537. The van der Waals surface area contributed by atoms with E-state index in [0.717, 1.165) is 55.9 Å². The molecule has 11 heteroatoms. The van der Waals surface area contributed by atoms with Crippen molar-refractivity contribution in [3.05, 3.63) is 54.1 Å². The average Bonchev–Trinajstić information content (AvgIpc) is 3.38. The number of aryl methyl sites for hydroxylation is 1. The van der Waals surface area contributed by atoms with E-state index in [2.05, 4.69) is 60.1 Å². The van der Waals surface area contributed by atoms with Crippen molar-refractivity contribution in [1.82, 2.24) is 35.3 Å². The highest BCUT2D eigenvalue weighted by Crippen LogP contribution is 2.24. The molecule has 2 fully saturated rings. The summed E-state index contributed by atoms with van der Waals surface area (Å²) >= 11 is 0. The summed E-state index contributed by atoms with van der Waals surface area (Å²) in [4.78, 5) is 23.7. The van der Waals surface area contributed by atoms with Crippen LogP contribution in [0.25, 0.3) is 11.0 Å². The first-order valence-electron chi connectivity index (χ1n) is 12.4. The second-order valence-corrected chi connectivity index (χ2v) is 9.28. The first-order chi connectivity index (χ1) is 17.7. The van der Waals surface area contributed by atoms with Gasteiger partial charge in [0, 0.05) is 50.4 Å². The van der Waals surface area contributed by atoms with E-state index in [0.29, 0.717) is 37.0 Å². The molecular weight excluding hydrogens is 458 g/mol. The Labute approximate surface area is 208 Å². The minimum absolute atomic E-state index is 0.0675. The molecule has 4 aromatic rings. The number of nitrogens with one attached hydrogen (secondary N) is 3. The Kier molecular flexibility index (Phi) is 6.20. The third-order valence-electron chi connectivity index (χ3n) is 6.45. The third-order valence-corrected chi connectivity index (χ3v) is 6.45. The summed E-state index contributed by atoms with van der Waals surface area (Å²) in [6.45, 7) is 3.83. The van der Waals surface area contributed by atoms with Gasteiger partial charge in [0.1, 0.15) is 0 Å². The Morgan fingerprint density at radius 3 is 2.92 bits per heavy atom. The number of fused-ring (bicyclic) bond motifs is 1. The largest absolute Gasteiger partial charge is 0.378 e. The number of ether oxygens (including phenoxy) is 1. The van der Waals surface area contributed by atoms with Gasteiger partial charge < -0.3 is 20.3 Å². The zero-order valence-electron chi connectivity index (χ0n) is 20.0. The topological polar surface area (TPSA) is 126 Å². The van der Waals surface area contributed by atoms with Crippen LogP contribution in [0.1, 0.15) is 30.5 Å². The minimum atomic E-state index is 0.0675. The summed E-state index contributed by atoms with van der Waals surface area (Å²) in [6, 6.07) is 8.94. The number of rotatable bonds is 9. The summed E-state index contributed by atoms with van der Waals surface area (Å²) < 4.78 is 7.24. The summed E-state index contributed by atoms with van der Waals surface area (Å²) in [7, 11) is 0. The van der Waals surface area contributed by atoms with Gasteiger partial charge in [0.15, 0.2) is 5.65 Å². The van der Waals surface area contributed by atoms with E-state index < -0.39 is 0 Å². The predicted molar refractivity (Wildman–Crippen MR) is 135 cm³/mol. The lowest BCUT2D eigenvalue weighted by molar-refractivity contribution is -0.121. The number of hydrogen-bond acceptors (Lipinski definition) is 8. The fourth-order valence-electron chi connectivity index (χ4n) is 4.39. The fraction of sp³-hybridized carbons (Fsp3) is 0.400. The summed E-state index contributed by atoms with van der Waals surface area (Å²) in [5.41, 5.74) is 4.69. The average molecular weight is 488 g/mol. The number of morpholine rings is 1. The number of aromatic nitrogens is 6. The van der Waals surface area contributed by atoms with Crippen LogP contribution < -0.4 is 15.5 Å². The van der Waals surface area contributed by atoms with Crippen molar-refractivity contribution in [2.75, 3.05) is 36.5 Å². The number of nitrogens with zero attached hydrogens (tertiary/aromatic N) is 6. The van der Waals surface area contributed by atoms with Crippen LogP contribution in [0.3, 0.4) is 0 Å². The fourth-order valence-corrected chi connectivity index (χ4v) is 4.39. The molecule has 0 atom stereocenters. The quantitative estimate of drug-likeness (QED) is 0.329. The van der Waals surface area contributed by atoms with E-state index in [9.17, 15) is 4.79 Å². The Hall–Kier alpha value is -3.99. The van der Waals surface area contributed by atoms with Crippen LogP contribution in [-0.4, -0.2) is 68.2 Å². The van der Waals surface area contributed by atoms with E-state index in [4.69, 9.17) is 9.72 Å². The van der Waals surface area contributed by atoms with Gasteiger partial charge in [0.25, 0.3) is 0 Å². The monoisotopic (exact) mass is 487 g/mol. The molecule has 2 aliphatic rings. The molecular formula is C25H29N9O2. The highest BCUT2D eigenvalue weighted by atomic mass is 16.5. The lowest BCUT2D eigenvalue weighted by Crippen LogP contribution is -2.36. The molecule has 0 bridgehead atoms. The number of amides is 1. The van der Waals surface area contributed by atoms with E-state index in [1.54, 1.807) is 17.1 Å². The molecule has 0 radical (unpaired) electrons. The molecule has 0 spiro atoms. The maximum absolute atomic E-state index is 12.0. The van der Waals surface area contributed by atoms with Crippen molar-refractivity contribution >= 4 is 34.3 Å². The molecule has 6 rings (SSSR count). The van der Waals surface area contributed by atoms with E-state index in [1.807, 2.05) is 6.20 Å². The van der Waals surface area contributed by atoms with Crippen molar-refractivity contribution in [3.8, 4) is 0 Å². The van der Waals surface area contributed by atoms with Crippen molar-refractivity contribution in [2.24, 2.45) is 0 Å². The van der Waals surface area contributed by atoms with Gasteiger partial charge in [-0.25, -0.2) is 4.98 Å². The van der Waals surface area contributed by atoms with Gasteiger partial charge >= 0.3 is 0 Å². The highest BCUT2D eigenvalue weighted by molar-refractivity contribution is 5.79. The molecule has 1 aliphatic carbocycles. The van der Waals surface area contributed by atoms with Gasteiger partial charge in [-0.2, -0.15) is 15.2 Å². The molecule has 1 saturated heterocycles. The van der Waals surface area contributed by atoms with E-state index in [-0.39, 0.29) is 5.91 Å². The molecule has 11 nitrogen and oxygen atoms in total. The molecule has 3 aromatic heterocycles. The molecule has 1 aromatic carbocycles. The first-order valence-corrected chi connectivity index (χ1v) is 12.4. The third kappa shape index (κ3) is 5.30. The number of H-pyrrole nitrogens is 1. The Balaban J connectivity index is 1.16. The maximum Gasteiger partial charge on any atom is 0.229 e. The molecule has 186 valence electrons. The molecule has 0 unspecified atom stereocenters. The lowest BCUT2D eigenvalue weighted by atomic mass is 10.1. The maximum atomic E-state index is 12.0. The first kappa shape index (κ1) is 22.5. The zero-order valence-corrected chi connectivity index (χ0v) is 20.0. The van der Waals surface area contributed by atoms with Crippen molar-refractivity contribution in [2.45, 2.75) is 38.3 Å². The van der Waals surface area contributed by atoms with Gasteiger partial charge in [-0.1, -0.05) is 12.1 Å². The number of carbonyl (C=O) groups excluding carboxylic acids is 1. The van der Waals surface area contributed by atoms with Gasteiger partial charge in [0.2, 0.25) is 11.9 Å². The van der Waals surface area contributed by atoms with Crippen LogP contribution in [0.4, 0.5) is 17.3 Å². The lowest BCUT2D eigenvalue weighted by Gasteiger charge is -2.29. The van der Waals surface area contributed by atoms with Crippen LogP contribution >= 0.6 is 0 Å². The van der Waals surface area contributed by atoms with Gasteiger partial charge in [-0.3, -0.25) is 14.6 Å². The molecule has 1 aliphatic heterocycles. The van der Waals surface area contributed by atoms with Gasteiger partial charge in [-0.15, -0.1) is 0 Å². The van der Waals surface area contributed by atoms with Crippen LogP contribution in [0.15, 0.2) is 42.9 Å².